The van der Waals surface area contributed by atoms with Gasteiger partial charge in [0.15, 0.2) is 0 Å². The molecule has 1 heterocycles. The molecule has 1 aromatic carbocycles. The molecule has 0 aliphatic carbocycles. The Hall–Kier alpha value is -1.06. The number of piperidine rings is 1. The van der Waals surface area contributed by atoms with Gasteiger partial charge >= 0.3 is 0 Å². The zero-order valence-electron chi connectivity index (χ0n) is 10.8. The van der Waals surface area contributed by atoms with Crippen LogP contribution in [-0.2, 0) is 6.54 Å². The molecule has 1 aromatic rings. The lowest BCUT2D eigenvalue weighted by Crippen LogP contribution is -2.29. The monoisotopic (exact) mass is 234 g/mol. The number of methoxy groups -OCH3 is 1. The summed E-state index contributed by atoms with van der Waals surface area (Å²) in [6, 6.07) is 6.46. The topological polar surface area (TPSA) is 38.5 Å². The third kappa shape index (κ3) is 2.79. The van der Waals surface area contributed by atoms with Crippen molar-refractivity contribution >= 4 is 0 Å². The Morgan fingerprint density at radius 1 is 1.35 bits per heavy atom. The van der Waals surface area contributed by atoms with E-state index < -0.39 is 0 Å². The number of rotatable bonds is 3. The quantitative estimate of drug-likeness (QED) is 0.869. The van der Waals surface area contributed by atoms with E-state index in [1.54, 1.807) is 7.11 Å². The van der Waals surface area contributed by atoms with E-state index in [1.807, 2.05) is 0 Å². The number of likely N-dealkylation sites (tertiary alicyclic amines) is 1. The third-order valence-corrected chi connectivity index (χ3v) is 3.71. The minimum absolute atomic E-state index is 0.545. The fraction of sp³-hybridized carbons (Fsp3) is 0.571. The fourth-order valence-corrected chi connectivity index (χ4v) is 2.55. The lowest BCUT2D eigenvalue weighted by Gasteiger charge is -2.29. The summed E-state index contributed by atoms with van der Waals surface area (Å²) in [7, 11) is 3.89. The van der Waals surface area contributed by atoms with Crippen LogP contribution in [0.15, 0.2) is 18.2 Å². The normalized spacial score (nSPS) is 18.3. The Morgan fingerprint density at radius 2 is 2.06 bits per heavy atom. The van der Waals surface area contributed by atoms with Crippen LogP contribution < -0.4 is 10.5 Å². The van der Waals surface area contributed by atoms with E-state index >= 15 is 0 Å². The van der Waals surface area contributed by atoms with Crippen LogP contribution in [0.1, 0.15) is 29.9 Å². The lowest BCUT2D eigenvalue weighted by molar-refractivity contribution is 0.255. The minimum Gasteiger partial charge on any atom is -0.496 e. The molecule has 0 bridgehead atoms. The highest BCUT2D eigenvalue weighted by Gasteiger charge is 2.19. The molecular formula is C14H22N2O. The second-order valence-electron chi connectivity index (χ2n) is 4.85. The summed E-state index contributed by atoms with van der Waals surface area (Å²) in [6.07, 6.45) is 2.49. The van der Waals surface area contributed by atoms with Crippen molar-refractivity contribution in [2.45, 2.75) is 25.3 Å². The van der Waals surface area contributed by atoms with Gasteiger partial charge in [-0.2, -0.15) is 0 Å². The predicted octanol–water partition coefficient (Wildman–Crippen LogP) is 1.96. The molecule has 94 valence electrons. The summed E-state index contributed by atoms with van der Waals surface area (Å²) >= 11 is 0. The average Bonchev–Trinajstić information content (AvgIpc) is 2.39. The Labute approximate surface area is 104 Å². The third-order valence-electron chi connectivity index (χ3n) is 3.71. The molecule has 0 unspecified atom stereocenters. The number of benzene rings is 1. The molecule has 0 radical (unpaired) electrons. The van der Waals surface area contributed by atoms with Crippen molar-refractivity contribution in [3.05, 3.63) is 29.3 Å². The van der Waals surface area contributed by atoms with Crippen molar-refractivity contribution < 1.29 is 4.74 Å². The molecule has 2 N–H and O–H groups in total. The van der Waals surface area contributed by atoms with Crippen molar-refractivity contribution in [2.75, 3.05) is 27.2 Å². The molecular weight excluding hydrogens is 212 g/mol. The highest BCUT2D eigenvalue weighted by Crippen LogP contribution is 2.30. The van der Waals surface area contributed by atoms with Crippen molar-refractivity contribution in [2.24, 2.45) is 5.73 Å². The van der Waals surface area contributed by atoms with Crippen LogP contribution >= 0.6 is 0 Å². The van der Waals surface area contributed by atoms with E-state index in [0.717, 1.165) is 11.3 Å². The molecule has 0 amide bonds. The van der Waals surface area contributed by atoms with Crippen molar-refractivity contribution in [3.8, 4) is 5.75 Å². The molecule has 0 saturated carbocycles. The summed E-state index contributed by atoms with van der Waals surface area (Å²) < 4.78 is 5.31. The van der Waals surface area contributed by atoms with Crippen LogP contribution in [0.3, 0.4) is 0 Å². The van der Waals surface area contributed by atoms with Gasteiger partial charge in [0.2, 0.25) is 0 Å². The molecule has 1 aliphatic rings. The highest BCUT2D eigenvalue weighted by molar-refractivity contribution is 5.38. The molecule has 2 rings (SSSR count). The first-order valence-corrected chi connectivity index (χ1v) is 6.30. The van der Waals surface area contributed by atoms with Crippen LogP contribution in [0.25, 0.3) is 0 Å². The van der Waals surface area contributed by atoms with Crippen molar-refractivity contribution in [1.29, 1.82) is 0 Å². The molecule has 0 spiro atoms. The molecule has 1 aliphatic heterocycles. The molecule has 0 aromatic heterocycles. The second kappa shape index (κ2) is 5.52. The zero-order chi connectivity index (χ0) is 12.3. The maximum Gasteiger partial charge on any atom is 0.123 e. The number of ether oxygens (including phenoxy) is 1. The van der Waals surface area contributed by atoms with Crippen LogP contribution in [0.5, 0.6) is 5.75 Å². The van der Waals surface area contributed by atoms with Crippen LogP contribution in [0.2, 0.25) is 0 Å². The van der Waals surface area contributed by atoms with E-state index in [9.17, 15) is 0 Å². The highest BCUT2D eigenvalue weighted by atomic mass is 16.5. The summed E-state index contributed by atoms with van der Waals surface area (Å²) in [6.45, 7) is 2.92. The van der Waals surface area contributed by atoms with Gasteiger partial charge in [-0.3, -0.25) is 0 Å². The fourth-order valence-electron chi connectivity index (χ4n) is 2.55. The van der Waals surface area contributed by atoms with Crippen molar-refractivity contribution in [1.82, 2.24) is 4.90 Å². The Bertz CT molecular complexity index is 370. The van der Waals surface area contributed by atoms with E-state index in [-0.39, 0.29) is 0 Å². The largest absolute Gasteiger partial charge is 0.496 e. The molecule has 17 heavy (non-hydrogen) atoms. The van der Waals surface area contributed by atoms with E-state index in [2.05, 4.69) is 30.1 Å². The van der Waals surface area contributed by atoms with Gasteiger partial charge in [-0.1, -0.05) is 12.1 Å². The van der Waals surface area contributed by atoms with Crippen LogP contribution in [0, 0.1) is 0 Å². The van der Waals surface area contributed by atoms with Gasteiger partial charge in [-0.05, 0) is 50.5 Å². The second-order valence-corrected chi connectivity index (χ2v) is 4.85. The zero-order valence-corrected chi connectivity index (χ0v) is 10.8. The van der Waals surface area contributed by atoms with Gasteiger partial charge < -0.3 is 15.4 Å². The predicted molar refractivity (Wildman–Crippen MR) is 70.4 cm³/mol. The number of nitrogens with two attached hydrogens (primary N) is 1. The first-order valence-electron chi connectivity index (χ1n) is 6.30. The smallest absolute Gasteiger partial charge is 0.123 e. The summed E-state index contributed by atoms with van der Waals surface area (Å²) in [5.41, 5.74) is 8.29. The maximum absolute atomic E-state index is 5.76. The van der Waals surface area contributed by atoms with Gasteiger partial charge in [-0.25, -0.2) is 0 Å². The molecule has 1 saturated heterocycles. The Kier molecular flexibility index (Phi) is 4.02. The van der Waals surface area contributed by atoms with Crippen LogP contribution in [0.4, 0.5) is 0 Å². The van der Waals surface area contributed by atoms with Gasteiger partial charge in [0.05, 0.1) is 7.11 Å². The van der Waals surface area contributed by atoms with E-state index in [4.69, 9.17) is 10.5 Å². The molecule has 3 nitrogen and oxygen atoms in total. The van der Waals surface area contributed by atoms with Gasteiger partial charge in [0, 0.05) is 12.1 Å². The number of hydrogen-bond donors (Lipinski definition) is 1. The average molecular weight is 234 g/mol. The Balaban J connectivity index is 2.16. The maximum atomic E-state index is 5.76. The number of hydrogen-bond acceptors (Lipinski definition) is 3. The molecule has 1 fully saturated rings. The van der Waals surface area contributed by atoms with Gasteiger partial charge in [0.1, 0.15) is 5.75 Å². The summed E-state index contributed by atoms with van der Waals surface area (Å²) in [4.78, 5) is 2.39. The standard InChI is InChI=1S/C14H22N2O/c1-16-7-5-11(6-8-16)12-3-4-14(17-2)13(9-12)10-15/h3-4,9,11H,5-8,10,15H2,1-2H3. The lowest BCUT2D eigenvalue weighted by atomic mass is 9.88. The first kappa shape index (κ1) is 12.4. The molecule has 0 atom stereocenters. The minimum atomic E-state index is 0.545. The van der Waals surface area contributed by atoms with E-state index in [0.29, 0.717) is 12.5 Å². The SMILES string of the molecule is COc1ccc(C2CCN(C)CC2)cc1CN. The van der Waals surface area contributed by atoms with E-state index in [1.165, 1.54) is 31.5 Å². The first-order chi connectivity index (χ1) is 8.24. The summed E-state index contributed by atoms with van der Waals surface area (Å²) in [5, 5.41) is 0. The Morgan fingerprint density at radius 3 is 2.65 bits per heavy atom. The van der Waals surface area contributed by atoms with Crippen LogP contribution in [-0.4, -0.2) is 32.1 Å². The molecule has 3 heteroatoms. The van der Waals surface area contributed by atoms with Gasteiger partial charge in [-0.15, -0.1) is 0 Å². The summed E-state index contributed by atoms with van der Waals surface area (Å²) in [5.74, 6) is 1.59. The van der Waals surface area contributed by atoms with Crippen molar-refractivity contribution in [3.63, 3.8) is 0 Å². The van der Waals surface area contributed by atoms with Gasteiger partial charge in [0.25, 0.3) is 0 Å². The number of nitrogens with zero attached hydrogens (tertiary/aromatic N) is 1.